The number of sulfonamides is 1. The van der Waals surface area contributed by atoms with E-state index in [-0.39, 0.29) is 17.3 Å². The van der Waals surface area contributed by atoms with Gasteiger partial charge < -0.3 is 14.8 Å². The fraction of sp³-hybridized carbons (Fsp3) is 0.316. The highest BCUT2D eigenvalue weighted by Gasteiger charge is 2.27. The SMILES string of the molecule is CCCNC(=O)CN(c1ccc(OC)c(OC)c1)S(=O)(=O)c1ccccc1. The predicted octanol–water partition coefficient (Wildman–Crippen LogP) is 2.43. The van der Waals surface area contributed by atoms with Gasteiger partial charge in [-0.2, -0.15) is 0 Å². The standard InChI is InChI=1S/C19H24N2O5S/c1-4-12-20-19(22)14-21(27(23,24)16-8-6-5-7-9-16)15-10-11-17(25-2)18(13-15)26-3/h5-11,13H,4,12,14H2,1-3H3,(H,20,22). The summed E-state index contributed by atoms with van der Waals surface area (Å²) in [6.45, 7) is 2.06. The van der Waals surface area contributed by atoms with Crippen LogP contribution < -0.4 is 19.1 Å². The van der Waals surface area contributed by atoms with Crippen molar-refractivity contribution in [2.45, 2.75) is 18.2 Å². The van der Waals surface area contributed by atoms with Crippen LogP contribution >= 0.6 is 0 Å². The summed E-state index contributed by atoms with van der Waals surface area (Å²) in [5, 5.41) is 2.71. The molecule has 1 N–H and O–H groups in total. The summed E-state index contributed by atoms with van der Waals surface area (Å²) in [6.07, 6.45) is 0.757. The summed E-state index contributed by atoms with van der Waals surface area (Å²) >= 11 is 0. The molecular weight excluding hydrogens is 368 g/mol. The maximum absolute atomic E-state index is 13.2. The highest BCUT2D eigenvalue weighted by molar-refractivity contribution is 7.92. The summed E-state index contributed by atoms with van der Waals surface area (Å²) in [5.74, 6) is 0.456. The monoisotopic (exact) mass is 392 g/mol. The minimum absolute atomic E-state index is 0.100. The van der Waals surface area contributed by atoms with Gasteiger partial charge in [-0.1, -0.05) is 25.1 Å². The molecule has 0 aliphatic carbocycles. The Hall–Kier alpha value is -2.74. The number of nitrogens with one attached hydrogen (secondary N) is 1. The van der Waals surface area contributed by atoms with Gasteiger partial charge in [0.05, 0.1) is 24.8 Å². The fourth-order valence-electron chi connectivity index (χ4n) is 2.47. The minimum Gasteiger partial charge on any atom is -0.493 e. The summed E-state index contributed by atoms with van der Waals surface area (Å²) in [5.41, 5.74) is 0.308. The van der Waals surface area contributed by atoms with Gasteiger partial charge >= 0.3 is 0 Å². The number of amides is 1. The van der Waals surface area contributed by atoms with E-state index in [1.807, 2.05) is 6.92 Å². The Kier molecular flexibility index (Phi) is 7.06. The van der Waals surface area contributed by atoms with Crippen LogP contribution in [0.15, 0.2) is 53.4 Å². The fourth-order valence-corrected chi connectivity index (χ4v) is 3.90. The van der Waals surface area contributed by atoms with Gasteiger partial charge in [-0.25, -0.2) is 8.42 Å². The molecule has 0 spiro atoms. The van der Waals surface area contributed by atoms with Crippen LogP contribution in [0.25, 0.3) is 0 Å². The summed E-state index contributed by atoms with van der Waals surface area (Å²) in [6, 6.07) is 12.7. The number of benzene rings is 2. The van der Waals surface area contributed by atoms with E-state index in [0.29, 0.717) is 23.7 Å². The van der Waals surface area contributed by atoms with E-state index >= 15 is 0 Å². The zero-order chi connectivity index (χ0) is 19.9. The first-order valence-electron chi connectivity index (χ1n) is 8.50. The number of hydrogen-bond donors (Lipinski definition) is 1. The molecule has 0 heterocycles. The molecule has 27 heavy (non-hydrogen) atoms. The first-order valence-corrected chi connectivity index (χ1v) is 9.94. The van der Waals surface area contributed by atoms with E-state index in [0.717, 1.165) is 10.7 Å². The Bertz CT molecular complexity index is 869. The largest absolute Gasteiger partial charge is 0.493 e. The second kappa shape index (κ2) is 9.27. The first kappa shape index (κ1) is 20.6. The Morgan fingerprint density at radius 3 is 2.30 bits per heavy atom. The Labute approximate surface area is 160 Å². The molecular formula is C19H24N2O5S. The van der Waals surface area contributed by atoms with E-state index in [1.165, 1.54) is 32.4 Å². The lowest BCUT2D eigenvalue weighted by Gasteiger charge is -2.25. The van der Waals surface area contributed by atoms with Crippen molar-refractivity contribution in [2.24, 2.45) is 0 Å². The highest BCUT2D eigenvalue weighted by Crippen LogP contribution is 2.33. The molecule has 2 aromatic carbocycles. The first-order chi connectivity index (χ1) is 12.9. The molecule has 2 rings (SSSR count). The number of ether oxygens (including phenoxy) is 2. The minimum atomic E-state index is -3.94. The van der Waals surface area contributed by atoms with Gasteiger partial charge in [0.2, 0.25) is 5.91 Å². The molecule has 0 aliphatic rings. The number of methoxy groups -OCH3 is 2. The normalized spacial score (nSPS) is 10.9. The molecule has 8 heteroatoms. The zero-order valence-electron chi connectivity index (χ0n) is 15.6. The van der Waals surface area contributed by atoms with E-state index in [2.05, 4.69) is 5.32 Å². The van der Waals surface area contributed by atoms with Gasteiger partial charge in [0.25, 0.3) is 10.0 Å². The van der Waals surface area contributed by atoms with Crippen LogP contribution in [0.4, 0.5) is 5.69 Å². The zero-order valence-corrected chi connectivity index (χ0v) is 16.5. The van der Waals surface area contributed by atoms with Crippen molar-refractivity contribution in [3.05, 3.63) is 48.5 Å². The topological polar surface area (TPSA) is 84.9 Å². The van der Waals surface area contributed by atoms with Crippen LogP contribution in [0.3, 0.4) is 0 Å². The molecule has 0 saturated heterocycles. The van der Waals surface area contributed by atoms with Crippen molar-refractivity contribution in [1.82, 2.24) is 5.32 Å². The third-order valence-electron chi connectivity index (χ3n) is 3.85. The number of carbonyl (C=O) groups excluding carboxylic acids is 1. The average molecular weight is 392 g/mol. The molecule has 0 radical (unpaired) electrons. The molecule has 1 amide bonds. The second-order valence-corrected chi connectivity index (χ2v) is 7.58. The number of nitrogens with zero attached hydrogens (tertiary/aromatic N) is 1. The van der Waals surface area contributed by atoms with Gasteiger partial charge in [0, 0.05) is 12.6 Å². The molecule has 7 nitrogen and oxygen atoms in total. The maximum atomic E-state index is 13.2. The van der Waals surface area contributed by atoms with E-state index in [9.17, 15) is 13.2 Å². The van der Waals surface area contributed by atoms with Crippen LogP contribution in [-0.4, -0.2) is 41.6 Å². The summed E-state index contributed by atoms with van der Waals surface area (Å²) in [7, 11) is -0.984. The van der Waals surface area contributed by atoms with Gasteiger partial charge in [-0.15, -0.1) is 0 Å². The Balaban J connectivity index is 2.48. The highest BCUT2D eigenvalue weighted by atomic mass is 32.2. The smallest absolute Gasteiger partial charge is 0.264 e. The maximum Gasteiger partial charge on any atom is 0.264 e. The number of carbonyl (C=O) groups is 1. The van der Waals surface area contributed by atoms with Crippen molar-refractivity contribution >= 4 is 21.6 Å². The molecule has 0 atom stereocenters. The van der Waals surface area contributed by atoms with Gasteiger partial charge in [0.15, 0.2) is 11.5 Å². The molecule has 0 aromatic heterocycles. The Morgan fingerprint density at radius 1 is 1.04 bits per heavy atom. The molecule has 0 aliphatic heterocycles. The van der Waals surface area contributed by atoms with Gasteiger partial charge in [-0.3, -0.25) is 9.10 Å². The molecule has 0 saturated carbocycles. The lowest BCUT2D eigenvalue weighted by Crippen LogP contribution is -2.41. The van der Waals surface area contributed by atoms with Gasteiger partial charge in [0.1, 0.15) is 6.54 Å². The van der Waals surface area contributed by atoms with Crippen LogP contribution in [0, 0.1) is 0 Å². The molecule has 0 unspecified atom stereocenters. The van der Waals surface area contributed by atoms with Crippen molar-refractivity contribution < 1.29 is 22.7 Å². The molecule has 146 valence electrons. The van der Waals surface area contributed by atoms with Crippen molar-refractivity contribution in [2.75, 3.05) is 31.6 Å². The molecule has 0 bridgehead atoms. The van der Waals surface area contributed by atoms with E-state index < -0.39 is 10.0 Å². The molecule has 2 aromatic rings. The van der Waals surface area contributed by atoms with Crippen LogP contribution in [-0.2, 0) is 14.8 Å². The third-order valence-corrected chi connectivity index (χ3v) is 5.63. The van der Waals surface area contributed by atoms with Gasteiger partial charge in [-0.05, 0) is 30.7 Å². The Morgan fingerprint density at radius 2 is 1.70 bits per heavy atom. The summed E-state index contributed by atoms with van der Waals surface area (Å²) < 4.78 is 37.9. The lowest BCUT2D eigenvalue weighted by atomic mass is 10.2. The van der Waals surface area contributed by atoms with Crippen molar-refractivity contribution in [1.29, 1.82) is 0 Å². The quantitative estimate of drug-likeness (QED) is 0.708. The number of hydrogen-bond acceptors (Lipinski definition) is 5. The third kappa shape index (κ3) is 4.91. The lowest BCUT2D eigenvalue weighted by molar-refractivity contribution is -0.119. The predicted molar refractivity (Wildman–Crippen MR) is 104 cm³/mol. The number of anilines is 1. The summed E-state index contributed by atoms with van der Waals surface area (Å²) in [4.78, 5) is 12.4. The van der Waals surface area contributed by atoms with Crippen molar-refractivity contribution in [3.63, 3.8) is 0 Å². The van der Waals surface area contributed by atoms with E-state index in [1.54, 1.807) is 30.3 Å². The van der Waals surface area contributed by atoms with Crippen LogP contribution in [0.1, 0.15) is 13.3 Å². The van der Waals surface area contributed by atoms with Crippen LogP contribution in [0.2, 0.25) is 0 Å². The van der Waals surface area contributed by atoms with E-state index in [4.69, 9.17) is 9.47 Å². The second-order valence-electron chi connectivity index (χ2n) is 5.71. The molecule has 0 fully saturated rings. The average Bonchev–Trinajstić information content (AvgIpc) is 2.70. The van der Waals surface area contributed by atoms with Crippen LogP contribution in [0.5, 0.6) is 11.5 Å². The number of rotatable bonds is 9. The van der Waals surface area contributed by atoms with Crippen molar-refractivity contribution in [3.8, 4) is 11.5 Å².